The molecule has 0 spiro atoms. The number of methoxy groups -OCH3 is 1. The molecule has 130 valence electrons. The molecule has 0 aliphatic carbocycles. The lowest BCUT2D eigenvalue weighted by Crippen LogP contribution is -2.34. The molecule has 0 aliphatic rings. The number of ether oxygens (including phenoxy) is 1. The lowest BCUT2D eigenvalue weighted by Gasteiger charge is -2.13. The molecule has 2 N–H and O–H groups in total. The smallest absolute Gasteiger partial charge is 0.323 e. The highest BCUT2D eigenvalue weighted by Crippen LogP contribution is 2.23. The maximum absolute atomic E-state index is 12.6. The Bertz CT molecular complexity index is 1000. The first-order valence-corrected chi connectivity index (χ1v) is 7.89. The van der Waals surface area contributed by atoms with E-state index in [0.717, 1.165) is 17.0 Å². The Morgan fingerprint density at radius 3 is 2.72 bits per heavy atom. The molecule has 0 saturated heterocycles. The summed E-state index contributed by atoms with van der Waals surface area (Å²) in [5.41, 5.74) is 9.45. The van der Waals surface area contributed by atoms with Gasteiger partial charge >= 0.3 is 5.97 Å². The number of rotatable bonds is 4. The summed E-state index contributed by atoms with van der Waals surface area (Å²) in [4.78, 5) is 28.5. The van der Waals surface area contributed by atoms with E-state index < -0.39 is 12.0 Å². The van der Waals surface area contributed by atoms with Crippen molar-refractivity contribution >= 4 is 11.6 Å². The van der Waals surface area contributed by atoms with Crippen LogP contribution in [0.4, 0.5) is 0 Å². The summed E-state index contributed by atoms with van der Waals surface area (Å²) in [6, 6.07) is 6.65. The Hall–Kier alpha value is -2.93. The predicted octanol–water partition coefficient (Wildman–Crippen LogP) is 1.05. The van der Waals surface area contributed by atoms with E-state index in [-0.39, 0.29) is 5.56 Å². The Labute approximate surface area is 144 Å². The van der Waals surface area contributed by atoms with Crippen molar-refractivity contribution in [2.45, 2.75) is 19.4 Å². The molecule has 7 nitrogen and oxygen atoms in total. The molecule has 25 heavy (non-hydrogen) atoms. The molecule has 0 unspecified atom stereocenters. The number of aryl methyl sites for hydroxylation is 1. The molecule has 3 heterocycles. The first kappa shape index (κ1) is 16.9. The van der Waals surface area contributed by atoms with Crippen LogP contribution in [0.15, 0.2) is 41.5 Å². The molecule has 0 aromatic carbocycles. The third-order valence-electron chi connectivity index (χ3n) is 4.41. The number of carbonyl (C=O) groups excluding carboxylic acids is 1. The molecule has 0 radical (unpaired) electrons. The highest BCUT2D eigenvalue weighted by Gasteiger charge is 2.18. The highest BCUT2D eigenvalue weighted by atomic mass is 16.5. The van der Waals surface area contributed by atoms with Gasteiger partial charge in [-0.1, -0.05) is 0 Å². The predicted molar refractivity (Wildman–Crippen MR) is 94.3 cm³/mol. The Morgan fingerprint density at radius 1 is 1.28 bits per heavy atom. The minimum atomic E-state index is -0.756. The molecule has 3 rings (SSSR count). The number of hydrogen-bond donors (Lipinski definition) is 1. The fourth-order valence-electron chi connectivity index (χ4n) is 2.84. The van der Waals surface area contributed by atoms with Crippen LogP contribution in [0.25, 0.3) is 16.8 Å². The summed E-state index contributed by atoms with van der Waals surface area (Å²) in [6.07, 6.45) is 3.76. The first-order chi connectivity index (χ1) is 11.9. The van der Waals surface area contributed by atoms with Crippen LogP contribution in [0.1, 0.15) is 11.4 Å². The van der Waals surface area contributed by atoms with Gasteiger partial charge in [0.25, 0.3) is 5.56 Å². The number of nitrogens with zero attached hydrogens (tertiary/aromatic N) is 3. The van der Waals surface area contributed by atoms with Crippen LogP contribution in [0.5, 0.6) is 0 Å². The van der Waals surface area contributed by atoms with Crippen molar-refractivity contribution in [1.82, 2.24) is 14.0 Å². The third-order valence-corrected chi connectivity index (χ3v) is 4.41. The highest BCUT2D eigenvalue weighted by molar-refractivity contribution is 5.78. The number of fused-ring (bicyclic) bond motifs is 1. The number of imidazole rings is 1. The second kappa shape index (κ2) is 6.52. The van der Waals surface area contributed by atoms with Crippen LogP contribution in [0.3, 0.4) is 0 Å². The number of esters is 1. The van der Waals surface area contributed by atoms with Crippen LogP contribution in [-0.4, -0.2) is 33.1 Å². The topological polar surface area (TPSA) is 91.6 Å². The van der Waals surface area contributed by atoms with Crippen LogP contribution < -0.4 is 11.3 Å². The summed E-state index contributed by atoms with van der Waals surface area (Å²) in [6.45, 7) is 1.88. The zero-order valence-corrected chi connectivity index (χ0v) is 14.4. The standard InChI is InChI=1S/C18H20N4O3/c1-11-4-6-14(17(23)21(11)2)13-7-5-12(10-15(19)18(24)25-3)22-9-8-20-16(13)22/h4-9,15H,10,19H2,1-3H3/t15-/m0/s1. The van der Waals surface area contributed by atoms with Gasteiger partial charge in [0.2, 0.25) is 0 Å². The first-order valence-electron chi connectivity index (χ1n) is 7.89. The van der Waals surface area contributed by atoms with Crippen molar-refractivity contribution in [3.63, 3.8) is 0 Å². The van der Waals surface area contributed by atoms with Gasteiger partial charge in [-0.25, -0.2) is 4.98 Å². The quantitative estimate of drug-likeness (QED) is 0.717. The van der Waals surface area contributed by atoms with Crippen molar-refractivity contribution in [2.75, 3.05) is 7.11 Å². The van der Waals surface area contributed by atoms with Gasteiger partial charge in [0, 0.05) is 42.8 Å². The van der Waals surface area contributed by atoms with Crippen molar-refractivity contribution in [2.24, 2.45) is 12.8 Å². The van der Waals surface area contributed by atoms with Gasteiger partial charge < -0.3 is 19.4 Å². The SMILES string of the molecule is COC(=O)[C@@H](N)Cc1ccc(-c2ccc(C)n(C)c2=O)c2nccn12. The molecule has 3 aromatic heterocycles. The Kier molecular flexibility index (Phi) is 4.41. The largest absolute Gasteiger partial charge is 0.468 e. The van der Waals surface area contributed by atoms with E-state index >= 15 is 0 Å². The van der Waals surface area contributed by atoms with Gasteiger partial charge in [-0.05, 0) is 31.2 Å². The minimum Gasteiger partial charge on any atom is -0.468 e. The maximum Gasteiger partial charge on any atom is 0.323 e. The van der Waals surface area contributed by atoms with Crippen molar-refractivity contribution in [3.05, 3.63) is 58.4 Å². The van der Waals surface area contributed by atoms with Crippen molar-refractivity contribution in [1.29, 1.82) is 0 Å². The second-order valence-corrected chi connectivity index (χ2v) is 5.95. The lowest BCUT2D eigenvalue weighted by atomic mass is 10.1. The zero-order chi connectivity index (χ0) is 18.1. The molecule has 1 atom stereocenters. The lowest BCUT2D eigenvalue weighted by molar-refractivity contribution is -0.142. The van der Waals surface area contributed by atoms with E-state index in [2.05, 4.69) is 9.72 Å². The van der Waals surface area contributed by atoms with Crippen LogP contribution in [-0.2, 0) is 23.0 Å². The molecular formula is C18H20N4O3. The number of pyridine rings is 2. The van der Waals surface area contributed by atoms with Crippen molar-refractivity contribution in [3.8, 4) is 11.1 Å². The Balaban J connectivity index is 2.11. The summed E-state index contributed by atoms with van der Waals surface area (Å²) < 4.78 is 8.13. The number of hydrogen-bond acceptors (Lipinski definition) is 5. The third kappa shape index (κ3) is 2.94. The van der Waals surface area contributed by atoms with Gasteiger partial charge in [0.05, 0.1) is 12.7 Å². The molecule has 0 fully saturated rings. The number of nitrogens with two attached hydrogens (primary N) is 1. The monoisotopic (exact) mass is 340 g/mol. The van der Waals surface area contributed by atoms with Crippen LogP contribution in [0, 0.1) is 6.92 Å². The fraction of sp³-hybridized carbons (Fsp3) is 0.278. The van der Waals surface area contributed by atoms with Crippen molar-refractivity contribution < 1.29 is 9.53 Å². The normalized spacial score (nSPS) is 12.3. The van der Waals surface area contributed by atoms with Crippen LogP contribution >= 0.6 is 0 Å². The summed E-state index contributed by atoms with van der Waals surface area (Å²) in [7, 11) is 3.05. The van der Waals surface area contributed by atoms with E-state index in [1.807, 2.05) is 35.6 Å². The van der Waals surface area contributed by atoms with Gasteiger partial charge in [0.15, 0.2) is 0 Å². The second-order valence-electron chi connectivity index (χ2n) is 5.95. The van der Waals surface area contributed by atoms with E-state index in [9.17, 15) is 9.59 Å². The molecule has 0 amide bonds. The summed E-state index contributed by atoms with van der Waals surface area (Å²) in [5, 5.41) is 0. The van der Waals surface area contributed by atoms with E-state index in [1.54, 1.807) is 24.0 Å². The van der Waals surface area contributed by atoms with Gasteiger partial charge in [0.1, 0.15) is 11.7 Å². The van der Waals surface area contributed by atoms with Gasteiger partial charge in [-0.2, -0.15) is 0 Å². The molecule has 0 bridgehead atoms. The zero-order valence-electron chi connectivity index (χ0n) is 14.4. The average Bonchev–Trinajstić information content (AvgIpc) is 3.10. The molecular weight excluding hydrogens is 320 g/mol. The number of carbonyl (C=O) groups is 1. The Morgan fingerprint density at radius 2 is 2.00 bits per heavy atom. The van der Waals surface area contributed by atoms with E-state index in [0.29, 0.717) is 17.6 Å². The fourth-order valence-corrected chi connectivity index (χ4v) is 2.84. The average molecular weight is 340 g/mol. The van der Waals surface area contributed by atoms with Gasteiger partial charge in [-0.3, -0.25) is 9.59 Å². The molecule has 0 aliphatic heterocycles. The van der Waals surface area contributed by atoms with E-state index in [4.69, 9.17) is 5.73 Å². The van der Waals surface area contributed by atoms with Gasteiger partial charge in [-0.15, -0.1) is 0 Å². The summed E-state index contributed by atoms with van der Waals surface area (Å²) >= 11 is 0. The summed E-state index contributed by atoms with van der Waals surface area (Å²) in [5.74, 6) is -0.468. The van der Waals surface area contributed by atoms with Crippen LogP contribution in [0.2, 0.25) is 0 Å². The maximum atomic E-state index is 12.6. The minimum absolute atomic E-state index is 0.0797. The molecule has 3 aromatic rings. The molecule has 7 heteroatoms. The molecule has 0 saturated carbocycles. The number of aromatic nitrogens is 3. The van der Waals surface area contributed by atoms with E-state index in [1.165, 1.54) is 7.11 Å².